The number of carbonyl (C=O) groups excluding carboxylic acids is 4. The van der Waals surface area contributed by atoms with Crippen LogP contribution >= 0.6 is 0 Å². The summed E-state index contributed by atoms with van der Waals surface area (Å²) in [5.74, 6) is -4.39. The lowest BCUT2D eigenvalue weighted by Gasteiger charge is -2.17. The zero-order valence-corrected chi connectivity index (χ0v) is 14.5. The van der Waals surface area contributed by atoms with E-state index in [1.807, 2.05) is 5.32 Å². The van der Waals surface area contributed by atoms with Crippen LogP contribution in [0.3, 0.4) is 0 Å². The molecule has 28 heavy (non-hydrogen) atoms. The highest BCUT2D eigenvalue weighted by atomic mass is 16.5. The number of nitrogens with two attached hydrogens (primary N) is 4. The number of rotatable bonds is 11. The Balaban J connectivity index is 2.91. The van der Waals surface area contributed by atoms with Crippen LogP contribution in [0.1, 0.15) is 43.1 Å². The largest absolute Gasteiger partial charge is 0.480 e. The number of urea groups is 1. The van der Waals surface area contributed by atoms with Gasteiger partial charge in [0.1, 0.15) is 12.1 Å². The first-order valence-corrected chi connectivity index (χ1v) is 7.73. The van der Waals surface area contributed by atoms with Crippen molar-refractivity contribution in [3.05, 3.63) is 11.7 Å². The molecule has 11 N–H and O–H groups in total. The minimum Gasteiger partial charge on any atom is -0.480 e. The molecule has 0 aromatic carbocycles. The van der Waals surface area contributed by atoms with Gasteiger partial charge in [0.15, 0.2) is 5.82 Å². The number of carbonyl (C=O) groups is 5. The van der Waals surface area contributed by atoms with Crippen LogP contribution in [-0.2, 0) is 19.2 Å². The van der Waals surface area contributed by atoms with Crippen molar-refractivity contribution in [2.24, 2.45) is 22.9 Å². The number of carboxylic acid groups (broad SMARTS) is 1. The van der Waals surface area contributed by atoms with Gasteiger partial charge < -0.3 is 43.2 Å². The second-order valence-corrected chi connectivity index (χ2v) is 5.67. The van der Waals surface area contributed by atoms with Crippen LogP contribution in [0.15, 0.2) is 4.52 Å². The topological polar surface area (TPSA) is 273 Å². The zero-order chi connectivity index (χ0) is 21.4. The summed E-state index contributed by atoms with van der Waals surface area (Å²) in [4.78, 5) is 60.0. The lowest BCUT2D eigenvalue weighted by atomic mass is 10.2. The molecule has 3 atom stereocenters. The maximum Gasteiger partial charge on any atom is 0.326 e. The molecular formula is C13H20N8O7. The Labute approximate surface area is 157 Å². The van der Waals surface area contributed by atoms with Crippen molar-refractivity contribution in [1.82, 2.24) is 20.8 Å². The van der Waals surface area contributed by atoms with Crippen molar-refractivity contribution in [3.63, 3.8) is 0 Å². The molecule has 0 aliphatic heterocycles. The van der Waals surface area contributed by atoms with E-state index in [9.17, 15) is 24.0 Å². The predicted octanol–water partition coefficient (Wildman–Crippen LogP) is -3.51. The van der Waals surface area contributed by atoms with Gasteiger partial charge in [0.05, 0.1) is 18.9 Å². The molecule has 154 valence electrons. The van der Waals surface area contributed by atoms with Crippen molar-refractivity contribution in [2.45, 2.75) is 37.4 Å². The first-order valence-electron chi connectivity index (χ1n) is 7.73. The van der Waals surface area contributed by atoms with Crippen molar-refractivity contribution in [1.29, 1.82) is 0 Å². The van der Waals surface area contributed by atoms with Crippen LogP contribution in [0.2, 0.25) is 0 Å². The van der Waals surface area contributed by atoms with E-state index in [4.69, 9.17) is 32.6 Å². The van der Waals surface area contributed by atoms with Crippen LogP contribution in [-0.4, -0.2) is 51.0 Å². The van der Waals surface area contributed by atoms with E-state index in [1.54, 1.807) is 0 Å². The first-order chi connectivity index (χ1) is 13.0. The summed E-state index contributed by atoms with van der Waals surface area (Å²) in [6, 6.07) is -4.89. The van der Waals surface area contributed by atoms with Crippen LogP contribution < -0.4 is 33.6 Å². The molecule has 0 saturated carbocycles. The first kappa shape index (κ1) is 22.3. The SMILES string of the molecule is NC(=O)C[C@H](NC(=O)N[C@@H](CC(N)=O)c1nc([C@@H](N)CC(N)=O)no1)C(=O)O. The van der Waals surface area contributed by atoms with Gasteiger partial charge in [-0.3, -0.25) is 14.4 Å². The highest BCUT2D eigenvalue weighted by Crippen LogP contribution is 2.18. The second-order valence-electron chi connectivity index (χ2n) is 5.67. The molecule has 15 nitrogen and oxygen atoms in total. The van der Waals surface area contributed by atoms with Crippen LogP contribution in [0.25, 0.3) is 0 Å². The Morgan fingerprint density at radius 1 is 0.964 bits per heavy atom. The van der Waals surface area contributed by atoms with Gasteiger partial charge in [0, 0.05) is 6.42 Å². The van der Waals surface area contributed by atoms with Gasteiger partial charge in [-0.25, -0.2) is 9.59 Å². The van der Waals surface area contributed by atoms with Gasteiger partial charge in [0.25, 0.3) is 0 Å². The van der Waals surface area contributed by atoms with Gasteiger partial charge in [-0.05, 0) is 0 Å². The maximum absolute atomic E-state index is 12.0. The van der Waals surface area contributed by atoms with Gasteiger partial charge in [0.2, 0.25) is 23.6 Å². The number of primary amides is 3. The molecule has 1 heterocycles. The van der Waals surface area contributed by atoms with Crippen molar-refractivity contribution >= 4 is 29.7 Å². The van der Waals surface area contributed by atoms with E-state index in [-0.39, 0.29) is 18.1 Å². The Morgan fingerprint density at radius 2 is 1.54 bits per heavy atom. The highest BCUT2D eigenvalue weighted by molar-refractivity contribution is 5.87. The molecule has 0 fully saturated rings. The monoisotopic (exact) mass is 400 g/mol. The van der Waals surface area contributed by atoms with Crippen molar-refractivity contribution < 1.29 is 33.6 Å². The van der Waals surface area contributed by atoms with Gasteiger partial charge >= 0.3 is 12.0 Å². The Hall–Kier alpha value is -3.75. The zero-order valence-electron chi connectivity index (χ0n) is 14.5. The summed E-state index contributed by atoms with van der Waals surface area (Å²) in [7, 11) is 0. The minimum atomic E-state index is -1.60. The fourth-order valence-electron chi connectivity index (χ4n) is 2.01. The smallest absolute Gasteiger partial charge is 0.326 e. The Bertz CT molecular complexity index is 764. The quantitative estimate of drug-likeness (QED) is 0.192. The summed E-state index contributed by atoms with van der Waals surface area (Å²) in [5.41, 5.74) is 20.7. The second kappa shape index (κ2) is 9.81. The molecule has 5 amide bonds. The third-order valence-corrected chi connectivity index (χ3v) is 3.23. The highest BCUT2D eigenvalue weighted by Gasteiger charge is 2.28. The minimum absolute atomic E-state index is 0.109. The molecule has 0 bridgehead atoms. The molecule has 0 saturated heterocycles. The van der Waals surface area contributed by atoms with Gasteiger partial charge in [-0.15, -0.1) is 0 Å². The summed E-state index contributed by atoms with van der Waals surface area (Å²) < 4.78 is 4.91. The molecule has 0 aliphatic carbocycles. The molecule has 0 aliphatic rings. The van der Waals surface area contributed by atoms with E-state index in [0.717, 1.165) is 0 Å². The number of amides is 5. The number of aromatic nitrogens is 2. The van der Waals surface area contributed by atoms with Crippen molar-refractivity contribution in [3.8, 4) is 0 Å². The number of nitrogens with one attached hydrogen (secondary N) is 2. The summed E-state index contributed by atoms with van der Waals surface area (Å²) in [5, 5.41) is 16.7. The van der Waals surface area contributed by atoms with E-state index < -0.39 is 60.7 Å². The van der Waals surface area contributed by atoms with E-state index in [2.05, 4.69) is 15.5 Å². The molecule has 1 aromatic heterocycles. The normalized spacial score (nSPS) is 13.8. The molecule has 0 spiro atoms. The summed E-state index contributed by atoms with van der Waals surface area (Å²) in [6.45, 7) is 0. The van der Waals surface area contributed by atoms with Crippen LogP contribution in [0.4, 0.5) is 4.79 Å². The number of nitrogens with zero attached hydrogens (tertiary/aromatic N) is 2. The molecule has 0 radical (unpaired) electrons. The molecule has 15 heteroatoms. The fraction of sp³-hybridized carbons (Fsp3) is 0.462. The average Bonchev–Trinajstić information content (AvgIpc) is 3.02. The maximum atomic E-state index is 12.0. The molecular weight excluding hydrogens is 380 g/mol. The Morgan fingerprint density at radius 3 is 2.04 bits per heavy atom. The lowest BCUT2D eigenvalue weighted by molar-refractivity contribution is -0.140. The predicted molar refractivity (Wildman–Crippen MR) is 88.5 cm³/mol. The fourth-order valence-corrected chi connectivity index (χ4v) is 2.01. The summed E-state index contributed by atoms with van der Waals surface area (Å²) in [6.07, 6.45) is -1.41. The lowest BCUT2D eigenvalue weighted by Crippen LogP contribution is -2.48. The standard InChI is InChI=1S/C13H20N8O7/c14-4(1-7(15)22)10-20-11(28-21-10)5(2-8(16)23)18-13(27)19-6(12(25)26)3-9(17)24/h4-6H,1-3,14H2,(H2,15,22)(H2,16,23)(H2,17,24)(H,25,26)(H2,18,19,27)/t4-,5-,6-/m0/s1. The third-order valence-electron chi connectivity index (χ3n) is 3.23. The van der Waals surface area contributed by atoms with Crippen molar-refractivity contribution in [2.75, 3.05) is 0 Å². The molecule has 1 aromatic rings. The molecule has 0 unspecified atom stereocenters. The third kappa shape index (κ3) is 7.24. The molecule has 1 rings (SSSR count). The van der Waals surface area contributed by atoms with E-state index in [1.165, 1.54) is 0 Å². The summed E-state index contributed by atoms with van der Waals surface area (Å²) >= 11 is 0. The number of aliphatic carboxylic acids is 1. The van der Waals surface area contributed by atoms with Crippen LogP contribution in [0, 0.1) is 0 Å². The number of carboxylic acids is 1. The van der Waals surface area contributed by atoms with Gasteiger partial charge in [-0.2, -0.15) is 4.98 Å². The number of hydrogen-bond donors (Lipinski definition) is 7. The number of hydrogen-bond acceptors (Lipinski definition) is 9. The van der Waals surface area contributed by atoms with E-state index >= 15 is 0 Å². The van der Waals surface area contributed by atoms with Crippen LogP contribution in [0.5, 0.6) is 0 Å². The Kier molecular flexibility index (Phi) is 7.81. The average molecular weight is 400 g/mol. The van der Waals surface area contributed by atoms with E-state index in [0.29, 0.717) is 0 Å². The van der Waals surface area contributed by atoms with Gasteiger partial charge in [-0.1, -0.05) is 5.16 Å².